The van der Waals surface area contributed by atoms with Gasteiger partial charge in [0.05, 0.1) is 24.1 Å². The van der Waals surface area contributed by atoms with E-state index in [4.69, 9.17) is 4.74 Å². The van der Waals surface area contributed by atoms with E-state index >= 15 is 0 Å². The molecule has 0 bridgehead atoms. The van der Waals surface area contributed by atoms with Crippen molar-refractivity contribution in [3.05, 3.63) is 53.6 Å². The van der Waals surface area contributed by atoms with E-state index in [0.717, 1.165) is 6.26 Å². The lowest BCUT2D eigenvalue weighted by Crippen LogP contribution is -2.29. The van der Waals surface area contributed by atoms with Crippen LogP contribution in [0.1, 0.15) is 43.6 Å². The zero-order chi connectivity index (χ0) is 23.2. The lowest BCUT2D eigenvalue weighted by atomic mass is 9.87. The predicted octanol–water partition coefficient (Wildman–Crippen LogP) is 3.12. The first-order valence-electron chi connectivity index (χ1n) is 9.76. The molecule has 0 heterocycles. The number of benzene rings is 2. The molecule has 0 fully saturated rings. The topological polar surface area (TPSA) is 114 Å². The van der Waals surface area contributed by atoms with Gasteiger partial charge in [0.1, 0.15) is 12.4 Å². The number of hydrogen-bond donors (Lipinski definition) is 3. The molecule has 2 aromatic rings. The van der Waals surface area contributed by atoms with Crippen LogP contribution in [0.3, 0.4) is 0 Å². The molecule has 168 valence electrons. The highest BCUT2D eigenvalue weighted by atomic mass is 32.2. The van der Waals surface area contributed by atoms with Gasteiger partial charge in [-0.25, -0.2) is 8.42 Å². The van der Waals surface area contributed by atoms with Crippen molar-refractivity contribution in [1.29, 1.82) is 0 Å². The molecule has 0 aromatic heterocycles. The van der Waals surface area contributed by atoms with Gasteiger partial charge in [0.2, 0.25) is 15.9 Å². The largest absolute Gasteiger partial charge is 0.492 e. The minimum Gasteiger partial charge on any atom is -0.492 e. The average molecular weight is 448 g/mol. The number of carbonyl (C=O) groups excluding carboxylic acids is 2. The average Bonchev–Trinajstić information content (AvgIpc) is 2.64. The van der Waals surface area contributed by atoms with Crippen LogP contribution in [0, 0.1) is 0 Å². The maximum atomic E-state index is 12.6. The summed E-state index contributed by atoms with van der Waals surface area (Å²) in [5.74, 6) is -0.111. The second-order valence-electron chi connectivity index (χ2n) is 8.19. The van der Waals surface area contributed by atoms with Crippen molar-refractivity contribution < 1.29 is 22.7 Å². The third kappa shape index (κ3) is 7.93. The van der Waals surface area contributed by atoms with Crippen LogP contribution in [-0.2, 0) is 20.2 Å². The third-order valence-corrected chi connectivity index (χ3v) is 4.85. The molecule has 0 saturated carbocycles. The highest BCUT2D eigenvalue weighted by Gasteiger charge is 2.16. The Bertz CT molecular complexity index is 1040. The number of anilines is 2. The Morgan fingerprint density at radius 3 is 2.23 bits per heavy atom. The van der Waals surface area contributed by atoms with Gasteiger partial charge in [0, 0.05) is 12.6 Å². The molecule has 3 N–H and O–H groups in total. The first-order valence-corrected chi connectivity index (χ1v) is 11.7. The van der Waals surface area contributed by atoms with Crippen molar-refractivity contribution in [1.82, 2.24) is 5.32 Å². The molecule has 0 aliphatic heterocycles. The lowest BCUT2D eigenvalue weighted by molar-refractivity contribution is -0.114. The second-order valence-corrected chi connectivity index (χ2v) is 9.94. The fourth-order valence-electron chi connectivity index (χ4n) is 2.78. The molecule has 0 aliphatic carbocycles. The highest BCUT2D eigenvalue weighted by Crippen LogP contribution is 2.24. The molecule has 31 heavy (non-hydrogen) atoms. The van der Waals surface area contributed by atoms with Crippen LogP contribution in [0.2, 0.25) is 0 Å². The number of carbonyl (C=O) groups is 2. The predicted molar refractivity (Wildman–Crippen MR) is 122 cm³/mol. The molecule has 0 unspecified atom stereocenters. The number of nitrogens with one attached hydrogen (secondary N) is 3. The summed E-state index contributed by atoms with van der Waals surface area (Å²) < 4.78 is 31.2. The van der Waals surface area contributed by atoms with Crippen molar-refractivity contribution >= 4 is 33.2 Å². The summed E-state index contributed by atoms with van der Waals surface area (Å²) in [7, 11) is -3.59. The minimum absolute atomic E-state index is 0.0516. The van der Waals surface area contributed by atoms with Gasteiger partial charge in [-0.05, 0) is 41.3 Å². The van der Waals surface area contributed by atoms with E-state index in [1.165, 1.54) is 30.7 Å². The molecule has 0 saturated heterocycles. The number of sulfonamides is 1. The Morgan fingerprint density at radius 2 is 1.68 bits per heavy atom. The number of amides is 2. The van der Waals surface area contributed by atoms with Crippen LogP contribution in [0.15, 0.2) is 42.5 Å². The van der Waals surface area contributed by atoms with Crippen molar-refractivity contribution in [2.45, 2.75) is 33.1 Å². The Kier molecular flexibility index (Phi) is 7.67. The molecular formula is C22H29N3O5S. The first-order chi connectivity index (χ1) is 14.3. The van der Waals surface area contributed by atoms with Crippen molar-refractivity contribution in [2.24, 2.45) is 0 Å². The van der Waals surface area contributed by atoms with E-state index in [1.54, 1.807) is 0 Å². The fraction of sp³-hybridized carbons (Fsp3) is 0.364. The van der Waals surface area contributed by atoms with E-state index < -0.39 is 15.9 Å². The summed E-state index contributed by atoms with van der Waals surface area (Å²) in [6.45, 7) is 8.18. The van der Waals surface area contributed by atoms with Crippen LogP contribution in [0.25, 0.3) is 0 Å². The summed E-state index contributed by atoms with van der Waals surface area (Å²) in [5, 5.41) is 5.27. The van der Waals surface area contributed by atoms with Gasteiger partial charge in [0.25, 0.3) is 5.91 Å². The van der Waals surface area contributed by atoms with Gasteiger partial charge in [-0.3, -0.25) is 14.3 Å². The Labute approximate surface area is 183 Å². The summed E-state index contributed by atoms with van der Waals surface area (Å²) >= 11 is 0. The molecule has 2 rings (SSSR count). The third-order valence-electron chi connectivity index (χ3n) is 4.26. The van der Waals surface area contributed by atoms with Gasteiger partial charge < -0.3 is 15.4 Å². The Hall–Kier alpha value is -3.07. The molecule has 0 spiro atoms. The standard InChI is InChI=1S/C22H29N3O5S/c1-15(26)24-17-8-11-20(25-31(5,28)29)19(14-17)21(27)23-12-13-30-18-9-6-16(7-10-18)22(2,3)4/h6-11,14,25H,12-13H2,1-5H3,(H,23,27)(H,24,26). The first kappa shape index (κ1) is 24.2. The smallest absolute Gasteiger partial charge is 0.253 e. The zero-order valence-corrected chi connectivity index (χ0v) is 19.2. The molecule has 9 heteroatoms. The van der Waals surface area contributed by atoms with Crippen LogP contribution in [-0.4, -0.2) is 39.6 Å². The van der Waals surface area contributed by atoms with Gasteiger partial charge >= 0.3 is 0 Å². The number of ether oxygens (including phenoxy) is 1. The summed E-state index contributed by atoms with van der Waals surface area (Å²) in [6.07, 6.45) is 0.995. The van der Waals surface area contributed by atoms with Gasteiger partial charge in [0.15, 0.2) is 0 Å². The SMILES string of the molecule is CC(=O)Nc1ccc(NS(C)(=O)=O)c(C(=O)NCCOc2ccc(C(C)(C)C)cc2)c1. The molecule has 0 atom stereocenters. The Balaban J connectivity index is 2.02. The lowest BCUT2D eigenvalue weighted by Gasteiger charge is -2.19. The molecule has 0 radical (unpaired) electrons. The molecule has 2 aromatic carbocycles. The van der Waals surface area contributed by atoms with Crippen molar-refractivity contribution in [2.75, 3.05) is 29.4 Å². The highest BCUT2D eigenvalue weighted by molar-refractivity contribution is 7.92. The molecule has 8 nitrogen and oxygen atoms in total. The normalized spacial score (nSPS) is 11.5. The van der Waals surface area contributed by atoms with Crippen LogP contribution >= 0.6 is 0 Å². The minimum atomic E-state index is -3.59. The van der Waals surface area contributed by atoms with E-state index in [1.807, 2.05) is 24.3 Å². The van der Waals surface area contributed by atoms with Crippen LogP contribution < -0.4 is 20.1 Å². The molecule has 0 aliphatic rings. The van der Waals surface area contributed by atoms with Crippen LogP contribution in [0.4, 0.5) is 11.4 Å². The van der Waals surface area contributed by atoms with Gasteiger partial charge in [-0.15, -0.1) is 0 Å². The Morgan fingerprint density at radius 1 is 1.03 bits per heavy atom. The van der Waals surface area contributed by atoms with Gasteiger partial charge in [-0.1, -0.05) is 32.9 Å². The molecular weight excluding hydrogens is 418 g/mol. The molecule has 2 amide bonds. The number of rotatable bonds is 8. The summed E-state index contributed by atoms with van der Waals surface area (Å²) in [6, 6.07) is 12.1. The van der Waals surface area contributed by atoms with Crippen molar-refractivity contribution in [3.8, 4) is 5.75 Å². The van der Waals surface area contributed by atoms with Crippen molar-refractivity contribution in [3.63, 3.8) is 0 Å². The summed E-state index contributed by atoms with van der Waals surface area (Å²) in [5.41, 5.74) is 1.83. The monoisotopic (exact) mass is 447 g/mol. The van der Waals surface area contributed by atoms with E-state index in [9.17, 15) is 18.0 Å². The second kappa shape index (κ2) is 9.82. The van der Waals surface area contributed by atoms with E-state index in [-0.39, 0.29) is 35.7 Å². The maximum absolute atomic E-state index is 12.6. The zero-order valence-electron chi connectivity index (χ0n) is 18.4. The van der Waals surface area contributed by atoms with E-state index in [2.05, 4.69) is 36.1 Å². The van der Waals surface area contributed by atoms with E-state index in [0.29, 0.717) is 11.4 Å². The van der Waals surface area contributed by atoms with Crippen LogP contribution in [0.5, 0.6) is 5.75 Å². The number of hydrogen-bond acceptors (Lipinski definition) is 5. The summed E-state index contributed by atoms with van der Waals surface area (Å²) in [4.78, 5) is 23.9. The van der Waals surface area contributed by atoms with Gasteiger partial charge in [-0.2, -0.15) is 0 Å². The quantitative estimate of drug-likeness (QED) is 0.538. The fourth-order valence-corrected chi connectivity index (χ4v) is 3.36. The maximum Gasteiger partial charge on any atom is 0.253 e.